The summed E-state index contributed by atoms with van der Waals surface area (Å²) in [7, 11) is 0. The first kappa shape index (κ1) is 12.3. The molecule has 0 atom stereocenters. The molecule has 0 aliphatic rings. The van der Waals surface area contributed by atoms with Gasteiger partial charge in [-0.2, -0.15) is 0 Å². The zero-order chi connectivity index (χ0) is 12.4. The Bertz CT molecular complexity index is 560. The van der Waals surface area contributed by atoms with Crippen LogP contribution in [-0.4, -0.2) is 10.1 Å². The topological polar surface area (TPSA) is 33.1 Å². The van der Waals surface area contributed by atoms with Crippen LogP contribution in [0.2, 0.25) is 10.0 Å². The molecule has 0 aliphatic carbocycles. The molecule has 1 N–H and O–H groups in total. The molecule has 0 spiro atoms. The molecule has 2 nitrogen and oxygen atoms in total. The summed E-state index contributed by atoms with van der Waals surface area (Å²) in [5.74, 6) is -0.570. The average Bonchev–Trinajstić information content (AvgIpc) is 2.30. The molecule has 0 radical (unpaired) electrons. The number of pyridine rings is 1. The zero-order valence-electron chi connectivity index (χ0n) is 8.62. The maximum Gasteiger partial charge on any atom is 0.155 e. The van der Waals surface area contributed by atoms with E-state index in [1.165, 1.54) is 18.3 Å². The van der Waals surface area contributed by atoms with Crippen LogP contribution in [-0.2, 0) is 6.61 Å². The van der Waals surface area contributed by atoms with Gasteiger partial charge >= 0.3 is 0 Å². The molecule has 0 fully saturated rings. The van der Waals surface area contributed by atoms with Gasteiger partial charge in [-0.1, -0.05) is 23.2 Å². The summed E-state index contributed by atoms with van der Waals surface area (Å²) in [6.45, 7) is -0.382. The zero-order valence-corrected chi connectivity index (χ0v) is 10.1. The SMILES string of the molecule is OCc1ccnc(-c2ccc(Cl)cc2Cl)c1F. The Hall–Kier alpha value is -1.16. The molecule has 1 heterocycles. The van der Waals surface area contributed by atoms with Gasteiger partial charge in [0, 0.05) is 22.3 Å². The minimum Gasteiger partial charge on any atom is -0.392 e. The van der Waals surface area contributed by atoms with E-state index in [2.05, 4.69) is 4.98 Å². The average molecular weight is 272 g/mol. The first-order valence-corrected chi connectivity index (χ1v) is 5.58. The van der Waals surface area contributed by atoms with Gasteiger partial charge in [-0.05, 0) is 24.3 Å². The lowest BCUT2D eigenvalue weighted by Gasteiger charge is -2.07. The number of benzene rings is 1. The molecule has 1 aromatic carbocycles. The molecular weight excluding hydrogens is 264 g/mol. The van der Waals surface area contributed by atoms with Gasteiger partial charge in [0.05, 0.1) is 11.6 Å². The van der Waals surface area contributed by atoms with Crippen LogP contribution in [0.5, 0.6) is 0 Å². The van der Waals surface area contributed by atoms with E-state index >= 15 is 0 Å². The van der Waals surface area contributed by atoms with Crippen molar-refractivity contribution in [2.75, 3.05) is 0 Å². The fourth-order valence-corrected chi connectivity index (χ4v) is 1.97. The Kier molecular flexibility index (Phi) is 3.62. The minimum atomic E-state index is -0.570. The highest BCUT2D eigenvalue weighted by atomic mass is 35.5. The second kappa shape index (κ2) is 5.00. The van der Waals surface area contributed by atoms with Crippen molar-refractivity contribution < 1.29 is 9.50 Å². The number of nitrogens with zero attached hydrogens (tertiary/aromatic N) is 1. The highest BCUT2D eigenvalue weighted by Gasteiger charge is 2.13. The molecule has 0 saturated carbocycles. The van der Waals surface area contributed by atoms with Gasteiger partial charge in [-0.25, -0.2) is 4.39 Å². The van der Waals surface area contributed by atoms with Crippen molar-refractivity contribution in [3.8, 4) is 11.3 Å². The van der Waals surface area contributed by atoms with Crippen molar-refractivity contribution in [2.45, 2.75) is 6.61 Å². The Morgan fingerprint density at radius 3 is 2.65 bits per heavy atom. The normalized spacial score (nSPS) is 10.6. The van der Waals surface area contributed by atoms with Crippen LogP contribution in [0.3, 0.4) is 0 Å². The Morgan fingerprint density at radius 2 is 2.00 bits per heavy atom. The third kappa shape index (κ3) is 2.41. The molecular formula is C12H8Cl2FNO. The van der Waals surface area contributed by atoms with E-state index in [4.69, 9.17) is 28.3 Å². The monoisotopic (exact) mass is 271 g/mol. The smallest absolute Gasteiger partial charge is 0.155 e. The highest BCUT2D eigenvalue weighted by Crippen LogP contribution is 2.31. The Balaban J connectivity index is 2.60. The molecule has 0 aliphatic heterocycles. The first-order valence-electron chi connectivity index (χ1n) is 4.83. The number of halogens is 3. The van der Waals surface area contributed by atoms with E-state index in [-0.39, 0.29) is 17.9 Å². The van der Waals surface area contributed by atoms with Crippen molar-refractivity contribution >= 4 is 23.2 Å². The lowest BCUT2D eigenvalue weighted by Crippen LogP contribution is -1.96. The van der Waals surface area contributed by atoms with E-state index in [0.717, 1.165) is 0 Å². The number of aliphatic hydroxyl groups excluding tert-OH is 1. The summed E-state index contributed by atoms with van der Waals surface area (Å²) in [5, 5.41) is 9.77. The van der Waals surface area contributed by atoms with Gasteiger partial charge in [0.2, 0.25) is 0 Å². The quantitative estimate of drug-likeness (QED) is 0.904. The van der Waals surface area contributed by atoms with Crippen LogP contribution in [0.15, 0.2) is 30.5 Å². The second-order valence-electron chi connectivity index (χ2n) is 3.41. The summed E-state index contributed by atoms with van der Waals surface area (Å²) in [6.07, 6.45) is 1.43. The molecule has 0 unspecified atom stereocenters. The van der Waals surface area contributed by atoms with Crippen molar-refractivity contribution in [1.29, 1.82) is 0 Å². The van der Waals surface area contributed by atoms with Gasteiger partial charge in [0.25, 0.3) is 0 Å². The van der Waals surface area contributed by atoms with E-state index in [1.54, 1.807) is 12.1 Å². The van der Waals surface area contributed by atoms with Gasteiger partial charge in [0.1, 0.15) is 5.69 Å². The predicted octanol–water partition coefficient (Wildman–Crippen LogP) is 3.69. The number of hydrogen-bond acceptors (Lipinski definition) is 2. The first-order chi connectivity index (χ1) is 8.13. The second-order valence-corrected chi connectivity index (χ2v) is 4.26. The maximum atomic E-state index is 13.9. The van der Waals surface area contributed by atoms with Crippen LogP contribution in [0, 0.1) is 5.82 Å². The fraction of sp³-hybridized carbons (Fsp3) is 0.0833. The third-order valence-electron chi connectivity index (χ3n) is 2.33. The molecule has 2 aromatic rings. The summed E-state index contributed by atoms with van der Waals surface area (Å²) >= 11 is 11.7. The van der Waals surface area contributed by atoms with Crippen LogP contribution in [0.1, 0.15) is 5.56 Å². The van der Waals surface area contributed by atoms with Gasteiger partial charge in [-0.15, -0.1) is 0 Å². The predicted molar refractivity (Wildman–Crippen MR) is 65.6 cm³/mol. The number of aromatic nitrogens is 1. The van der Waals surface area contributed by atoms with Crippen molar-refractivity contribution in [3.63, 3.8) is 0 Å². The molecule has 1 aromatic heterocycles. The van der Waals surface area contributed by atoms with Gasteiger partial charge < -0.3 is 5.11 Å². The van der Waals surface area contributed by atoms with Crippen molar-refractivity contribution in [3.05, 3.63) is 51.9 Å². The molecule has 0 bridgehead atoms. The van der Waals surface area contributed by atoms with E-state index in [9.17, 15) is 4.39 Å². The third-order valence-corrected chi connectivity index (χ3v) is 2.87. The standard InChI is InChI=1S/C12H8Cl2FNO/c13-8-1-2-9(10(14)5-8)12-11(15)7(6-17)3-4-16-12/h1-5,17H,6H2. The number of hydrogen-bond donors (Lipinski definition) is 1. The van der Waals surface area contributed by atoms with E-state index in [0.29, 0.717) is 15.6 Å². The van der Waals surface area contributed by atoms with Crippen molar-refractivity contribution in [2.24, 2.45) is 0 Å². The summed E-state index contributed by atoms with van der Waals surface area (Å²) < 4.78 is 13.9. The Morgan fingerprint density at radius 1 is 1.24 bits per heavy atom. The largest absolute Gasteiger partial charge is 0.392 e. The van der Waals surface area contributed by atoms with Crippen LogP contribution < -0.4 is 0 Å². The minimum absolute atomic E-state index is 0.109. The molecule has 17 heavy (non-hydrogen) atoms. The molecule has 5 heteroatoms. The van der Waals surface area contributed by atoms with Gasteiger partial charge in [-0.3, -0.25) is 4.98 Å². The lowest BCUT2D eigenvalue weighted by atomic mass is 10.1. The highest BCUT2D eigenvalue weighted by molar-refractivity contribution is 6.36. The Labute approximate surface area is 108 Å². The van der Waals surface area contributed by atoms with Gasteiger partial charge in [0.15, 0.2) is 5.82 Å². The summed E-state index contributed by atoms with van der Waals surface area (Å²) in [6, 6.07) is 6.14. The maximum absolute atomic E-state index is 13.9. The lowest BCUT2D eigenvalue weighted by molar-refractivity contribution is 0.275. The number of rotatable bonds is 2. The van der Waals surface area contributed by atoms with Crippen LogP contribution in [0.4, 0.5) is 4.39 Å². The van der Waals surface area contributed by atoms with Crippen LogP contribution in [0.25, 0.3) is 11.3 Å². The van der Waals surface area contributed by atoms with Crippen molar-refractivity contribution in [1.82, 2.24) is 4.98 Å². The fourth-order valence-electron chi connectivity index (χ4n) is 1.48. The van der Waals surface area contributed by atoms with E-state index in [1.807, 2.05) is 0 Å². The van der Waals surface area contributed by atoms with Crippen LogP contribution >= 0.6 is 23.2 Å². The molecule has 0 amide bonds. The molecule has 0 saturated heterocycles. The van der Waals surface area contributed by atoms with E-state index < -0.39 is 5.82 Å². The summed E-state index contributed by atoms with van der Waals surface area (Å²) in [5.41, 5.74) is 0.739. The number of aliphatic hydroxyl groups is 1. The molecule has 2 rings (SSSR count). The summed E-state index contributed by atoms with van der Waals surface area (Å²) in [4.78, 5) is 3.93. The molecule has 88 valence electrons.